The average Bonchev–Trinajstić information content (AvgIpc) is 2.30. The molecular weight excluding hydrogens is 269 g/mol. The topological polar surface area (TPSA) is 87.7 Å². The van der Waals surface area contributed by atoms with Crippen molar-refractivity contribution < 1.29 is 32.6 Å². The second-order valence-electron chi connectivity index (χ2n) is 3.83. The van der Waals surface area contributed by atoms with Crippen molar-refractivity contribution in [3.63, 3.8) is 0 Å². The number of amides is 1. The van der Waals surface area contributed by atoms with Gasteiger partial charge in [-0.25, -0.2) is 4.79 Å². The Morgan fingerprint density at radius 2 is 1.84 bits per heavy atom. The highest BCUT2D eigenvalue weighted by Gasteiger charge is 2.38. The van der Waals surface area contributed by atoms with Crippen LogP contribution >= 0.6 is 0 Å². The molecule has 6 nitrogen and oxygen atoms in total. The largest absolute Gasteiger partial charge is 0.490 e. The molecule has 0 atom stereocenters. The number of methoxy groups -OCH3 is 1. The number of nitrogens with one attached hydrogen (secondary N) is 2. The number of alkyl halides is 3. The van der Waals surface area contributed by atoms with Crippen LogP contribution in [0.2, 0.25) is 0 Å². The fourth-order valence-electron chi connectivity index (χ4n) is 1.37. The molecule has 1 aliphatic rings. The fraction of sp³-hybridized carbons (Fsp3) is 0.800. The van der Waals surface area contributed by atoms with E-state index in [1.165, 1.54) is 7.11 Å². The Balaban J connectivity index is 0.000000399. The number of carbonyl (C=O) groups is 2. The van der Waals surface area contributed by atoms with E-state index in [2.05, 4.69) is 10.6 Å². The van der Waals surface area contributed by atoms with Crippen molar-refractivity contribution >= 4 is 11.9 Å². The molecule has 0 spiro atoms. The first-order chi connectivity index (χ1) is 8.77. The quantitative estimate of drug-likeness (QED) is 0.686. The molecule has 1 saturated heterocycles. The normalized spacial score (nSPS) is 16.2. The molecule has 0 radical (unpaired) electrons. The van der Waals surface area contributed by atoms with Crippen molar-refractivity contribution in [1.29, 1.82) is 0 Å². The minimum atomic E-state index is -5.08. The van der Waals surface area contributed by atoms with Crippen LogP contribution in [-0.4, -0.2) is 56.0 Å². The third kappa shape index (κ3) is 9.25. The first-order valence-corrected chi connectivity index (χ1v) is 5.56. The highest BCUT2D eigenvalue weighted by atomic mass is 19.4. The molecule has 1 aliphatic heterocycles. The lowest BCUT2D eigenvalue weighted by Crippen LogP contribution is -2.43. The van der Waals surface area contributed by atoms with Crippen LogP contribution in [0.15, 0.2) is 0 Å². The van der Waals surface area contributed by atoms with Crippen LogP contribution in [0.4, 0.5) is 13.2 Å². The molecule has 0 unspecified atom stereocenters. The summed E-state index contributed by atoms with van der Waals surface area (Å²) in [5, 5.41) is 13.3. The number of rotatable bonds is 3. The summed E-state index contributed by atoms with van der Waals surface area (Å²) < 4.78 is 36.5. The number of carbonyl (C=O) groups excluding carboxylic acids is 1. The molecule has 0 aromatic heterocycles. The van der Waals surface area contributed by atoms with Gasteiger partial charge in [0, 0.05) is 13.2 Å². The van der Waals surface area contributed by atoms with Gasteiger partial charge in [0.25, 0.3) is 0 Å². The highest BCUT2D eigenvalue weighted by molar-refractivity contribution is 5.77. The van der Waals surface area contributed by atoms with Gasteiger partial charge in [0.05, 0.1) is 0 Å². The van der Waals surface area contributed by atoms with Crippen molar-refractivity contribution in [1.82, 2.24) is 10.6 Å². The van der Waals surface area contributed by atoms with Crippen LogP contribution in [0.3, 0.4) is 0 Å². The van der Waals surface area contributed by atoms with Crippen LogP contribution in [0.25, 0.3) is 0 Å². The summed E-state index contributed by atoms with van der Waals surface area (Å²) in [7, 11) is 1.53. The van der Waals surface area contributed by atoms with Gasteiger partial charge in [-0.05, 0) is 25.9 Å². The summed E-state index contributed by atoms with van der Waals surface area (Å²) in [6.45, 7) is 2.17. The lowest BCUT2D eigenvalue weighted by Gasteiger charge is -2.23. The summed E-state index contributed by atoms with van der Waals surface area (Å²) in [5.74, 6) is -2.77. The van der Waals surface area contributed by atoms with Gasteiger partial charge >= 0.3 is 12.1 Å². The SMILES string of the molecule is COCC(=O)NC1CCNCC1.O=C(O)C(F)(F)F. The van der Waals surface area contributed by atoms with Crippen LogP contribution in [0.5, 0.6) is 0 Å². The molecule has 1 heterocycles. The van der Waals surface area contributed by atoms with Crippen LogP contribution in [-0.2, 0) is 14.3 Å². The average molecular weight is 286 g/mol. The summed E-state index contributed by atoms with van der Waals surface area (Å²) in [4.78, 5) is 20.0. The van der Waals surface area contributed by atoms with E-state index >= 15 is 0 Å². The van der Waals surface area contributed by atoms with Gasteiger partial charge in [-0.1, -0.05) is 0 Å². The van der Waals surface area contributed by atoms with E-state index in [0.29, 0.717) is 6.04 Å². The number of hydrogen-bond donors (Lipinski definition) is 3. The molecule has 1 fully saturated rings. The standard InChI is InChI=1S/C8H16N2O2.C2HF3O2/c1-12-6-8(11)10-7-2-4-9-5-3-7;3-2(4,5)1(6)7/h7,9H,2-6H2,1H3,(H,10,11);(H,6,7). The van der Waals surface area contributed by atoms with Gasteiger partial charge in [-0.15, -0.1) is 0 Å². The number of ether oxygens (including phenoxy) is 1. The molecule has 0 saturated carbocycles. The Labute approximate surface area is 108 Å². The van der Waals surface area contributed by atoms with Crippen molar-refractivity contribution in [2.45, 2.75) is 25.1 Å². The van der Waals surface area contributed by atoms with Gasteiger partial charge in [0.1, 0.15) is 6.61 Å². The second-order valence-corrected chi connectivity index (χ2v) is 3.83. The molecule has 0 aliphatic carbocycles. The third-order valence-electron chi connectivity index (χ3n) is 2.22. The maximum atomic E-state index is 11.1. The van der Waals surface area contributed by atoms with Crippen LogP contribution < -0.4 is 10.6 Å². The van der Waals surface area contributed by atoms with Crippen molar-refractivity contribution in [3.05, 3.63) is 0 Å². The monoisotopic (exact) mass is 286 g/mol. The van der Waals surface area contributed by atoms with Gasteiger partial charge in [-0.2, -0.15) is 13.2 Å². The lowest BCUT2D eigenvalue weighted by molar-refractivity contribution is -0.192. The number of hydrogen-bond acceptors (Lipinski definition) is 4. The summed E-state index contributed by atoms with van der Waals surface area (Å²) >= 11 is 0. The smallest absolute Gasteiger partial charge is 0.475 e. The number of halogens is 3. The van der Waals surface area contributed by atoms with Crippen molar-refractivity contribution in [2.24, 2.45) is 0 Å². The van der Waals surface area contributed by atoms with E-state index in [-0.39, 0.29) is 12.5 Å². The van der Waals surface area contributed by atoms with Crippen molar-refractivity contribution in [2.75, 3.05) is 26.8 Å². The molecule has 3 N–H and O–H groups in total. The summed E-state index contributed by atoms with van der Waals surface area (Å²) in [6, 6.07) is 0.342. The molecule has 19 heavy (non-hydrogen) atoms. The molecule has 0 aromatic rings. The Hall–Kier alpha value is -1.35. The van der Waals surface area contributed by atoms with E-state index in [4.69, 9.17) is 14.6 Å². The first kappa shape index (κ1) is 17.6. The Kier molecular flexibility index (Phi) is 8.08. The van der Waals surface area contributed by atoms with Crippen LogP contribution in [0.1, 0.15) is 12.8 Å². The third-order valence-corrected chi connectivity index (χ3v) is 2.22. The molecule has 0 aromatic carbocycles. The van der Waals surface area contributed by atoms with E-state index in [9.17, 15) is 18.0 Å². The number of carboxylic acid groups (broad SMARTS) is 1. The lowest BCUT2D eigenvalue weighted by atomic mass is 10.1. The van der Waals surface area contributed by atoms with Gasteiger partial charge < -0.3 is 20.5 Å². The maximum absolute atomic E-state index is 11.1. The molecule has 1 amide bonds. The Morgan fingerprint density at radius 1 is 1.37 bits per heavy atom. The van der Waals surface area contributed by atoms with Crippen LogP contribution in [0, 0.1) is 0 Å². The van der Waals surface area contributed by atoms with E-state index in [1.54, 1.807) is 0 Å². The maximum Gasteiger partial charge on any atom is 0.490 e. The predicted octanol–water partition coefficient (Wildman–Crippen LogP) is 0.134. The van der Waals surface area contributed by atoms with Gasteiger partial charge in [-0.3, -0.25) is 4.79 Å². The number of carboxylic acids is 1. The molecule has 112 valence electrons. The number of aliphatic carboxylic acids is 1. The second kappa shape index (κ2) is 8.70. The zero-order chi connectivity index (χ0) is 14.9. The molecule has 9 heteroatoms. The Morgan fingerprint density at radius 3 is 2.21 bits per heavy atom. The minimum absolute atomic E-state index is 0.00981. The van der Waals surface area contributed by atoms with Gasteiger partial charge in [0.2, 0.25) is 5.91 Å². The summed E-state index contributed by atoms with van der Waals surface area (Å²) in [6.07, 6.45) is -3.04. The molecule has 1 rings (SSSR count). The Bertz CT molecular complexity index is 291. The van der Waals surface area contributed by atoms with E-state index < -0.39 is 12.1 Å². The van der Waals surface area contributed by atoms with E-state index in [0.717, 1.165) is 25.9 Å². The summed E-state index contributed by atoms with van der Waals surface area (Å²) in [5.41, 5.74) is 0. The zero-order valence-corrected chi connectivity index (χ0v) is 10.4. The zero-order valence-electron chi connectivity index (χ0n) is 10.4. The number of piperidine rings is 1. The molecule has 0 bridgehead atoms. The van der Waals surface area contributed by atoms with E-state index in [1.807, 2.05) is 0 Å². The minimum Gasteiger partial charge on any atom is -0.475 e. The van der Waals surface area contributed by atoms with Gasteiger partial charge in [0.15, 0.2) is 0 Å². The fourth-order valence-corrected chi connectivity index (χ4v) is 1.37. The highest BCUT2D eigenvalue weighted by Crippen LogP contribution is 2.13. The molecular formula is C10H17F3N2O4. The first-order valence-electron chi connectivity index (χ1n) is 5.56. The van der Waals surface area contributed by atoms with Crippen molar-refractivity contribution in [3.8, 4) is 0 Å². The predicted molar refractivity (Wildman–Crippen MR) is 59.6 cm³/mol.